The molecule has 0 aliphatic carbocycles. The fourth-order valence-electron chi connectivity index (χ4n) is 4.62. The molecule has 154 valence electrons. The summed E-state index contributed by atoms with van der Waals surface area (Å²) < 4.78 is 13.5. The summed E-state index contributed by atoms with van der Waals surface area (Å²) in [5.74, 6) is -0.603. The summed E-state index contributed by atoms with van der Waals surface area (Å²) >= 11 is 0. The molecule has 29 heavy (non-hydrogen) atoms. The third kappa shape index (κ3) is 4.61. The Morgan fingerprint density at radius 1 is 1.07 bits per heavy atom. The van der Waals surface area contributed by atoms with E-state index in [9.17, 15) is 9.18 Å². The minimum absolute atomic E-state index is 0.144. The van der Waals surface area contributed by atoms with Crippen molar-refractivity contribution in [2.75, 3.05) is 38.1 Å². The number of amides is 1. The van der Waals surface area contributed by atoms with Gasteiger partial charge in [0.2, 0.25) is 0 Å². The predicted molar refractivity (Wildman–Crippen MR) is 115 cm³/mol. The highest BCUT2D eigenvalue weighted by molar-refractivity contribution is 5.94. The number of carbonyl (C=O) groups excluding carboxylic acids is 1. The van der Waals surface area contributed by atoms with Crippen LogP contribution in [0.15, 0.2) is 42.5 Å². The number of carbonyl (C=O) groups is 1. The lowest BCUT2D eigenvalue weighted by atomic mass is 9.95. The lowest BCUT2D eigenvalue weighted by Gasteiger charge is -2.36. The second-order valence-corrected chi connectivity index (χ2v) is 8.25. The maximum atomic E-state index is 13.5. The number of aryl methyl sites for hydroxylation is 1. The van der Waals surface area contributed by atoms with Crippen LogP contribution in [0.4, 0.5) is 10.1 Å². The van der Waals surface area contributed by atoms with Crippen LogP contribution in [0.2, 0.25) is 0 Å². The maximum absolute atomic E-state index is 13.5. The van der Waals surface area contributed by atoms with Gasteiger partial charge < -0.3 is 10.2 Å². The van der Waals surface area contributed by atoms with E-state index < -0.39 is 0 Å². The summed E-state index contributed by atoms with van der Waals surface area (Å²) in [6, 6.07) is 12.8. The quantitative estimate of drug-likeness (QED) is 0.826. The minimum Gasteiger partial charge on any atom is -0.374 e. The molecule has 5 heteroatoms. The van der Waals surface area contributed by atoms with Gasteiger partial charge in [0.25, 0.3) is 5.91 Å². The highest BCUT2D eigenvalue weighted by atomic mass is 19.1. The summed E-state index contributed by atoms with van der Waals surface area (Å²) in [4.78, 5) is 17.4. The molecule has 4 rings (SSSR count). The molecule has 1 saturated heterocycles. The van der Waals surface area contributed by atoms with Crippen LogP contribution in [-0.2, 0) is 6.42 Å². The normalized spacial score (nSPS) is 18.2. The Labute approximate surface area is 172 Å². The van der Waals surface area contributed by atoms with Gasteiger partial charge in [0.05, 0.1) is 6.04 Å². The molecular weight excluding hydrogens is 365 g/mol. The summed E-state index contributed by atoms with van der Waals surface area (Å²) in [6.45, 7) is 3.74. The number of rotatable bonds is 5. The van der Waals surface area contributed by atoms with E-state index in [1.54, 1.807) is 12.1 Å². The van der Waals surface area contributed by atoms with Crippen LogP contribution < -0.4 is 10.2 Å². The monoisotopic (exact) mass is 395 g/mol. The van der Waals surface area contributed by atoms with Crippen LogP contribution in [0.3, 0.4) is 0 Å². The fraction of sp³-hybridized carbons (Fsp3) is 0.458. The molecule has 2 aromatic carbocycles. The van der Waals surface area contributed by atoms with Crippen molar-refractivity contribution in [2.24, 2.45) is 0 Å². The van der Waals surface area contributed by atoms with Crippen LogP contribution in [0.25, 0.3) is 0 Å². The molecule has 1 fully saturated rings. The number of halogens is 1. The van der Waals surface area contributed by atoms with Crippen LogP contribution in [0.1, 0.15) is 53.2 Å². The van der Waals surface area contributed by atoms with Crippen molar-refractivity contribution < 1.29 is 9.18 Å². The molecule has 0 spiro atoms. The van der Waals surface area contributed by atoms with Crippen molar-refractivity contribution in [2.45, 2.75) is 38.1 Å². The zero-order valence-electron chi connectivity index (χ0n) is 17.2. The molecule has 2 heterocycles. The number of hydrogen-bond acceptors (Lipinski definition) is 3. The number of hydrogen-bond donors (Lipinski definition) is 1. The highest BCUT2D eigenvalue weighted by Gasteiger charge is 2.25. The Morgan fingerprint density at radius 2 is 1.90 bits per heavy atom. The Kier molecular flexibility index (Phi) is 6.14. The second kappa shape index (κ2) is 8.95. The average molecular weight is 396 g/mol. The van der Waals surface area contributed by atoms with E-state index in [2.05, 4.69) is 40.4 Å². The van der Waals surface area contributed by atoms with Crippen molar-refractivity contribution in [1.29, 1.82) is 0 Å². The molecule has 1 unspecified atom stereocenters. The summed E-state index contributed by atoms with van der Waals surface area (Å²) in [5, 5.41) is 3.05. The number of nitrogens with zero attached hydrogens (tertiary/aromatic N) is 2. The molecule has 0 bridgehead atoms. The lowest BCUT2D eigenvalue weighted by molar-refractivity contribution is 0.0924. The number of benzene rings is 2. The van der Waals surface area contributed by atoms with Gasteiger partial charge in [-0.1, -0.05) is 24.6 Å². The van der Waals surface area contributed by atoms with E-state index in [1.165, 1.54) is 54.6 Å². The number of anilines is 1. The molecule has 2 aliphatic rings. The van der Waals surface area contributed by atoms with E-state index in [-0.39, 0.29) is 17.8 Å². The van der Waals surface area contributed by atoms with Gasteiger partial charge in [-0.25, -0.2) is 4.39 Å². The van der Waals surface area contributed by atoms with Crippen molar-refractivity contribution in [3.63, 3.8) is 0 Å². The van der Waals surface area contributed by atoms with Crippen molar-refractivity contribution in [3.8, 4) is 0 Å². The minimum atomic E-state index is -0.385. The standard InChI is InChI=1S/C24H30FN3O/c1-27-12-6-8-18-15-19(10-11-22(18)27)23(28-13-3-2-4-14-28)17-26-24(29)20-7-5-9-21(25)16-20/h5,7,9-11,15-16,23H,2-4,6,8,12-14,17H2,1H3,(H,26,29). The van der Waals surface area contributed by atoms with E-state index in [4.69, 9.17) is 0 Å². The van der Waals surface area contributed by atoms with Crippen LogP contribution >= 0.6 is 0 Å². The third-order valence-corrected chi connectivity index (χ3v) is 6.21. The van der Waals surface area contributed by atoms with Gasteiger partial charge in [-0.15, -0.1) is 0 Å². The first-order chi connectivity index (χ1) is 14.1. The van der Waals surface area contributed by atoms with E-state index >= 15 is 0 Å². The maximum Gasteiger partial charge on any atom is 0.251 e. The number of piperidine rings is 1. The first kappa shape index (κ1) is 19.9. The number of likely N-dealkylation sites (tertiary alicyclic amines) is 1. The Bertz CT molecular complexity index is 863. The summed E-state index contributed by atoms with van der Waals surface area (Å²) in [5.41, 5.74) is 4.35. The molecule has 0 aromatic heterocycles. The smallest absolute Gasteiger partial charge is 0.251 e. The van der Waals surface area contributed by atoms with Gasteiger partial charge in [0.1, 0.15) is 5.82 Å². The van der Waals surface area contributed by atoms with Gasteiger partial charge in [-0.3, -0.25) is 9.69 Å². The van der Waals surface area contributed by atoms with E-state index in [0.717, 1.165) is 26.1 Å². The zero-order chi connectivity index (χ0) is 20.2. The van der Waals surface area contributed by atoms with E-state index in [1.807, 2.05) is 0 Å². The van der Waals surface area contributed by atoms with Crippen LogP contribution in [0.5, 0.6) is 0 Å². The highest BCUT2D eigenvalue weighted by Crippen LogP contribution is 2.31. The van der Waals surface area contributed by atoms with Crippen molar-refractivity contribution in [3.05, 3.63) is 65.0 Å². The number of fused-ring (bicyclic) bond motifs is 1. The Morgan fingerprint density at radius 3 is 2.69 bits per heavy atom. The van der Waals surface area contributed by atoms with Crippen LogP contribution in [0, 0.1) is 5.82 Å². The topological polar surface area (TPSA) is 35.6 Å². The molecule has 1 N–H and O–H groups in total. The van der Waals surface area contributed by atoms with E-state index in [0.29, 0.717) is 12.1 Å². The number of nitrogens with one attached hydrogen (secondary N) is 1. The Balaban J connectivity index is 1.54. The molecule has 0 radical (unpaired) electrons. The van der Waals surface area contributed by atoms with Crippen molar-refractivity contribution in [1.82, 2.24) is 10.2 Å². The molecule has 2 aliphatic heterocycles. The lowest BCUT2D eigenvalue weighted by Crippen LogP contribution is -2.40. The van der Waals surface area contributed by atoms with Gasteiger partial charge in [0.15, 0.2) is 0 Å². The van der Waals surface area contributed by atoms with Crippen LogP contribution in [-0.4, -0.2) is 44.0 Å². The largest absolute Gasteiger partial charge is 0.374 e. The average Bonchev–Trinajstić information content (AvgIpc) is 2.74. The SMILES string of the molecule is CN1CCCc2cc(C(CNC(=O)c3cccc(F)c3)N3CCCCC3)ccc21. The van der Waals surface area contributed by atoms with Gasteiger partial charge in [-0.05, 0) is 74.2 Å². The molecule has 0 saturated carbocycles. The summed E-state index contributed by atoms with van der Waals surface area (Å²) in [7, 11) is 2.15. The molecule has 4 nitrogen and oxygen atoms in total. The Hall–Kier alpha value is -2.40. The third-order valence-electron chi connectivity index (χ3n) is 6.21. The predicted octanol–water partition coefficient (Wildman–Crippen LogP) is 4.17. The van der Waals surface area contributed by atoms with Gasteiger partial charge >= 0.3 is 0 Å². The fourth-order valence-corrected chi connectivity index (χ4v) is 4.62. The molecule has 2 aromatic rings. The molecule has 1 amide bonds. The molecular formula is C24H30FN3O. The van der Waals surface area contributed by atoms with Gasteiger partial charge in [0, 0.05) is 31.4 Å². The summed E-state index contributed by atoms with van der Waals surface area (Å²) in [6.07, 6.45) is 5.95. The molecule has 1 atom stereocenters. The zero-order valence-corrected chi connectivity index (χ0v) is 17.2. The van der Waals surface area contributed by atoms with Crippen molar-refractivity contribution >= 4 is 11.6 Å². The second-order valence-electron chi connectivity index (χ2n) is 8.25. The first-order valence-corrected chi connectivity index (χ1v) is 10.7. The van der Waals surface area contributed by atoms with Gasteiger partial charge in [-0.2, -0.15) is 0 Å². The first-order valence-electron chi connectivity index (χ1n) is 10.7.